The first-order chi connectivity index (χ1) is 11.4. The number of amides is 1. The Bertz CT molecular complexity index is 792. The van der Waals surface area contributed by atoms with Crippen LogP contribution in [0.4, 0.5) is 0 Å². The number of aromatic nitrogens is 1. The molecular formula is C17H21N3O3S. The highest BCUT2D eigenvalue weighted by atomic mass is 32.2. The van der Waals surface area contributed by atoms with E-state index in [-0.39, 0.29) is 11.7 Å². The summed E-state index contributed by atoms with van der Waals surface area (Å²) in [5.74, 6) is -0.535. The van der Waals surface area contributed by atoms with Gasteiger partial charge in [-0.05, 0) is 36.6 Å². The monoisotopic (exact) mass is 347 g/mol. The van der Waals surface area contributed by atoms with Gasteiger partial charge in [0.1, 0.15) is 0 Å². The number of benzene rings is 1. The number of hydrogen-bond acceptors (Lipinski definition) is 4. The normalized spacial score (nSPS) is 12.6. The van der Waals surface area contributed by atoms with Crippen LogP contribution in [0, 0.1) is 6.92 Å². The number of carbonyl (C=O) groups excluding carboxylic acids is 1. The van der Waals surface area contributed by atoms with Crippen molar-refractivity contribution in [2.75, 3.05) is 0 Å². The number of pyridine rings is 1. The Morgan fingerprint density at radius 2 is 1.96 bits per heavy atom. The number of aryl methyl sites for hydroxylation is 1. The molecule has 1 aromatic carbocycles. The van der Waals surface area contributed by atoms with Gasteiger partial charge in [-0.1, -0.05) is 30.3 Å². The number of hydrogen-bond donors (Lipinski definition) is 2. The summed E-state index contributed by atoms with van der Waals surface area (Å²) >= 11 is 0. The lowest BCUT2D eigenvalue weighted by atomic mass is 10.1. The molecular weight excluding hydrogens is 326 g/mol. The number of carbonyl (C=O) groups is 1. The van der Waals surface area contributed by atoms with E-state index >= 15 is 0 Å². The molecule has 1 amide bonds. The standard InChI is InChI=1S/C17H21N3O3S/c1-13-6-3-4-8-16(13)12-24(22,23)20-14(2)17(21)19-11-15-7-5-9-18-10-15/h3-10,14,20H,11-12H2,1-2H3,(H,19,21)/t14-/m0/s1. The van der Waals surface area contributed by atoms with Crippen molar-refractivity contribution >= 4 is 15.9 Å². The van der Waals surface area contributed by atoms with E-state index < -0.39 is 16.1 Å². The summed E-state index contributed by atoms with van der Waals surface area (Å²) in [5, 5.41) is 2.69. The Labute approximate surface area is 142 Å². The minimum Gasteiger partial charge on any atom is -0.351 e. The third-order valence-electron chi connectivity index (χ3n) is 3.55. The third kappa shape index (κ3) is 5.43. The average Bonchev–Trinajstić information content (AvgIpc) is 2.55. The molecule has 2 aromatic rings. The molecule has 1 atom stereocenters. The van der Waals surface area contributed by atoms with E-state index in [9.17, 15) is 13.2 Å². The Morgan fingerprint density at radius 3 is 2.62 bits per heavy atom. The quantitative estimate of drug-likeness (QED) is 0.795. The molecule has 2 rings (SSSR count). The van der Waals surface area contributed by atoms with E-state index in [0.717, 1.165) is 11.1 Å². The average molecular weight is 347 g/mol. The van der Waals surface area contributed by atoms with Crippen LogP contribution in [-0.4, -0.2) is 25.4 Å². The van der Waals surface area contributed by atoms with Crippen LogP contribution in [0.15, 0.2) is 48.8 Å². The molecule has 7 heteroatoms. The fourth-order valence-corrected chi connectivity index (χ4v) is 3.65. The summed E-state index contributed by atoms with van der Waals surface area (Å²) < 4.78 is 26.9. The molecule has 2 N–H and O–H groups in total. The van der Waals surface area contributed by atoms with Crippen LogP contribution in [0.5, 0.6) is 0 Å². The van der Waals surface area contributed by atoms with Crippen LogP contribution in [0.2, 0.25) is 0 Å². The van der Waals surface area contributed by atoms with E-state index in [0.29, 0.717) is 12.1 Å². The van der Waals surface area contributed by atoms with Crippen molar-refractivity contribution in [1.29, 1.82) is 0 Å². The van der Waals surface area contributed by atoms with Gasteiger partial charge in [-0.3, -0.25) is 9.78 Å². The van der Waals surface area contributed by atoms with Gasteiger partial charge in [0.2, 0.25) is 15.9 Å². The van der Waals surface area contributed by atoms with E-state index in [1.165, 1.54) is 6.92 Å². The largest absolute Gasteiger partial charge is 0.351 e. The molecule has 0 aliphatic heterocycles. The molecule has 1 aromatic heterocycles. The molecule has 1 heterocycles. The van der Waals surface area contributed by atoms with Gasteiger partial charge in [0, 0.05) is 18.9 Å². The highest BCUT2D eigenvalue weighted by Gasteiger charge is 2.21. The zero-order valence-electron chi connectivity index (χ0n) is 13.7. The second-order valence-corrected chi connectivity index (χ2v) is 7.36. The molecule has 0 spiro atoms. The Balaban J connectivity index is 1.91. The fraction of sp³-hybridized carbons (Fsp3) is 0.294. The van der Waals surface area contributed by atoms with Crippen LogP contribution in [0.3, 0.4) is 0 Å². The Kier molecular flexibility index (Phi) is 6.05. The van der Waals surface area contributed by atoms with E-state index in [1.807, 2.05) is 25.1 Å². The van der Waals surface area contributed by atoms with Gasteiger partial charge < -0.3 is 5.32 Å². The van der Waals surface area contributed by atoms with Gasteiger partial charge >= 0.3 is 0 Å². The van der Waals surface area contributed by atoms with Gasteiger partial charge in [0.05, 0.1) is 11.8 Å². The highest BCUT2D eigenvalue weighted by Crippen LogP contribution is 2.11. The molecule has 0 aliphatic rings. The lowest BCUT2D eigenvalue weighted by Gasteiger charge is -2.15. The van der Waals surface area contributed by atoms with Crippen molar-refractivity contribution in [1.82, 2.24) is 15.0 Å². The van der Waals surface area contributed by atoms with Crippen LogP contribution in [0.25, 0.3) is 0 Å². The number of sulfonamides is 1. The lowest BCUT2D eigenvalue weighted by molar-refractivity contribution is -0.122. The number of nitrogens with one attached hydrogen (secondary N) is 2. The minimum absolute atomic E-state index is 0.153. The van der Waals surface area contributed by atoms with Crippen molar-refractivity contribution in [3.05, 3.63) is 65.5 Å². The summed E-state index contributed by atoms with van der Waals surface area (Å²) in [5.41, 5.74) is 2.46. The van der Waals surface area contributed by atoms with Crippen molar-refractivity contribution in [3.8, 4) is 0 Å². The van der Waals surface area contributed by atoms with Gasteiger partial charge in [-0.15, -0.1) is 0 Å². The summed E-state index contributed by atoms with van der Waals surface area (Å²) in [6, 6.07) is 10.0. The maximum absolute atomic E-state index is 12.2. The van der Waals surface area contributed by atoms with E-state index in [2.05, 4.69) is 15.0 Å². The number of nitrogens with zero attached hydrogens (tertiary/aromatic N) is 1. The molecule has 0 bridgehead atoms. The minimum atomic E-state index is -3.61. The molecule has 0 fully saturated rings. The first kappa shape index (κ1) is 18.1. The molecule has 24 heavy (non-hydrogen) atoms. The summed E-state index contributed by atoms with van der Waals surface area (Å²) in [4.78, 5) is 16.0. The number of rotatable bonds is 7. The summed E-state index contributed by atoms with van der Waals surface area (Å²) in [7, 11) is -3.61. The van der Waals surface area contributed by atoms with Crippen molar-refractivity contribution < 1.29 is 13.2 Å². The smallest absolute Gasteiger partial charge is 0.238 e. The molecule has 0 unspecified atom stereocenters. The van der Waals surface area contributed by atoms with Crippen molar-refractivity contribution in [3.63, 3.8) is 0 Å². The second-order valence-electron chi connectivity index (χ2n) is 5.60. The fourth-order valence-electron chi connectivity index (χ4n) is 2.19. The maximum Gasteiger partial charge on any atom is 0.238 e. The zero-order valence-corrected chi connectivity index (χ0v) is 14.5. The van der Waals surface area contributed by atoms with Crippen LogP contribution >= 0.6 is 0 Å². The zero-order chi connectivity index (χ0) is 17.6. The van der Waals surface area contributed by atoms with Crippen LogP contribution < -0.4 is 10.0 Å². The van der Waals surface area contributed by atoms with Gasteiger partial charge in [-0.25, -0.2) is 13.1 Å². The van der Waals surface area contributed by atoms with Gasteiger partial charge in [0.25, 0.3) is 0 Å². The Morgan fingerprint density at radius 1 is 1.21 bits per heavy atom. The second kappa shape index (κ2) is 8.03. The van der Waals surface area contributed by atoms with E-state index in [1.54, 1.807) is 30.6 Å². The Hall–Kier alpha value is -2.25. The maximum atomic E-state index is 12.2. The van der Waals surface area contributed by atoms with Crippen molar-refractivity contribution in [2.24, 2.45) is 0 Å². The predicted octanol–water partition coefficient (Wildman–Crippen LogP) is 1.51. The molecule has 6 nitrogen and oxygen atoms in total. The SMILES string of the molecule is Cc1ccccc1CS(=O)(=O)N[C@@H](C)C(=O)NCc1cccnc1. The van der Waals surface area contributed by atoms with E-state index in [4.69, 9.17) is 0 Å². The predicted molar refractivity (Wildman–Crippen MR) is 92.5 cm³/mol. The molecule has 0 saturated heterocycles. The first-order valence-electron chi connectivity index (χ1n) is 7.58. The highest BCUT2D eigenvalue weighted by molar-refractivity contribution is 7.88. The first-order valence-corrected chi connectivity index (χ1v) is 9.24. The topological polar surface area (TPSA) is 88.2 Å². The molecule has 0 aliphatic carbocycles. The summed E-state index contributed by atoms with van der Waals surface area (Å²) in [6.45, 7) is 3.68. The van der Waals surface area contributed by atoms with Crippen LogP contribution in [0.1, 0.15) is 23.6 Å². The molecule has 0 saturated carbocycles. The van der Waals surface area contributed by atoms with Gasteiger partial charge in [-0.2, -0.15) is 0 Å². The third-order valence-corrected chi connectivity index (χ3v) is 4.95. The van der Waals surface area contributed by atoms with Crippen molar-refractivity contribution in [2.45, 2.75) is 32.2 Å². The molecule has 128 valence electrons. The van der Waals surface area contributed by atoms with Crippen LogP contribution in [-0.2, 0) is 27.1 Å². The summed E-state index contributed by atoms with van der Waals surface area (Å²) in [6.07, 6.45) is 3.29. The molecule has 0 radical (unpaired) electrons. The van der Waals surface area contributed by atoms with Gasteiger partial charge in [0.15, 0.2) is 0 Å². The lowest BCUT2D eigenvalue weighted by Crippen LogP contribution is -2.44.